The zero-order chi connectivity index (χ0) is 9.35. The fourth-order valence-electron chi connectivity index (χ4n) is 1.60. The van der Waals surface area contributed by atoms with Crippen LogP contribution >= 0.6 is 0 Å². The molecule has 0 aromatic heterocycles. The van der Waals surface area contributed by atoms with Crippen molar-refractivity contribution in [3.05, 3.63) is 0 Å². The van der Waals surface area contributed by atoms with Crippen LogP contribution < -0.4 is 5.73 Å². The highest BCUT2D eigenvalue weighted by Crippen LogP contribution is 2.17. The standard InChI is InChI=1S/C7H16N2O2S/c1-9(2)3-6-4-12(10,11)5-7(6)8/h6-7H,3-5,8H2,1-2H3. The van der Waals surface area contributed by atoms with Crippen LogP contribution in [0.5, 0.6) is 0 Å². The molecule has 1 aliphatic rings. The second kappa shape index (κ2) is 3.32. The summed E-state index contributed by atoms with van der Waals surface area (Å²) >= 11 is 0. The Balaban J connectivity index is 2.58. The van der Waals surface area contributed by atoms with Gasteiger partial charge in [-0.1, -0.05) is 0 Å². The van der Waals surface area contributed by atoms with Crippen LogP contribution in [0.1, 0.15) is 0 Å². The van der Waals surface area contributed by atoms with Gasteiger partial charge in [-0.2, -0.15) is 0 Å². The summed E-state index contributed by atoms with van der Waals surface area (Å²) in [5, 5.41) is 0. The van der Waals surface area contributed by atoms with E-state index in [9.17, 15) is 8.42 Å². The van der Waals surface area contributed by atoms with E-state index in [1.807, 2.05) is 19.0 Å². The van der Waals surface area contributed by atoms with E-state index in [1.165, 1.54) is 0 Å². The van der Waals surface area contributed by atoms with Crippen LogP contribution in [0.3, 0.4) is 0 Å². The van der Waals surface area contributed by atoms with Crippen LogP contribution in [-0.4, -0.2) is 51.5 Å². The Labute approximate surface area is 73.6 Å². The minimum absolute atomic E-state index is 0.116. The summed E-state index contributed by atoms with van der Waals surface area (Å²) in [5.41, 5.74) is 5.70. The fourth-order valence-corrected chi connectivity index (χ4v) is 3.60. The van der Waals surface area contributed by atoms with E-state index in [4.69, 9.17) is 5.73 Å². The molecule has 4 nitrogen and oxygen atoms in total. The van der Waals surface area contributed by atoms with Crippen molar-refractivity contribution >= 4 is 9.84 Å². The molecule has 1 saturated heterocycles. The summed E-state index contributed by atoms with van der Waals surface area (Å²) in [6.45, 7) is 0.764. The number of hydrogen-bond acceptors (Lipinski definition) is 4. The highest BCUT2D eigenvalue weighted by Gasteiger charge is 2.35. The second-order valence-electron chi connectivity index (χ2n) is 3.76. The van der Waals surface area contributed by atoms with Crippen molar-refractivity contribution in [3.63, 3.8) is 0 Å². The first-order valence-corrected chi connectivity index (χ1v) is 5.83. The van der Waals surface area contributed by atoms with E-state index in [0.717, 1.165) is 6.54 Å². The molecule has 1 aliphatic heterocycles. The van der Waals surface area contributed by atoms with Crippen LogP contribution in [-0.2, 0) is 9.84 Å². The Morgan fingerprint density at radius 2 is 2.00 bits per heavy atom. The van der Waals surface area contributed by atoms with Crippen molar-refractivity contribution in [1.29, 1.82) is 0 Å². The number of sulfone groups is 1. The maximum absolute atomic E-state index is 11.1. The van der Waals surface area contributed by atoms with E-state index < -0.39 is 9.84 Å². The first-order chi connectivity index (χ1) is 5.41. The molecule has 0 aromatic rings. The van der Waals surface area contributed by atoms with Crippen molar-refractivity contribution in [2.24, 2.45) is 11.7 Å². The third-order valence-electron chi connectivity index (χ3n) is 2.12. The van der Waals surface area contributed by atoms with Gasteiger partial charge in [0, 0.05) is 18.5 Å². The normalized spacial score (nSPS) is 34.3. The van der Waals surface area contributed by atoms with E-state index >= 15 is 0 Å². The Bertz CT molecular complexity index is 248. The highest BCUT2D eigenvalue weighted by atomic mass is 32.2. The second-order valence-corrected chi connectivity index (χ2v) is 5.92. The van der Waals surface area contributed by atoms with E-state index in [-0.39, 0.29) is 23.5 Å². The average Bonchev–Trinajstić information content (AvgIpc) is 2.03. The molecule has 0 aromatic carbocycles. The van der Waals surface area contributed by atoms with Gasteiger partial charge in [-0.15, -0.1) is 0 Å². The monoisotopic (exact) mass is 192 g/mol. The quantitative estimate of drug-likeness (QED) is 0.604. The molecule has 5 heteroatoms. The van der Waals surface area contributed by atoms with Crippen LogP contribution in [0.25, 0.3) is 0 Å². The first kappa shape index (κ1) is 9.95. The molecular formula is C7H16N2O2S. The van der Waals surface area contributed by atoms with Gasteiger partial charge in [0.05, 0.1) is 11.5 Å². The summed E-state index contributed by atoms with van der Waals surface area (Å²) < 4.78 is 22.3. The molecule has 72 valence electrons. The van der Waals surface area contributed by atoms with Gasteiger partial charge in [0.15, 0.2) is 9.84 Å². The van der Waals surface area contributed by atoms with Crippen LogP contribution in [0.4, 0.5) is 0 Å². The Kier molecular flexibility index (Phi) is 2.75. The van der Waals surface area contributed by atoms with Crippen molar-refractivity contribution in [2.45, 2.75) is 6.04 Å². The van der Waals surface area contributed by atoms with Gasteiger partial charge in [-0.3, -0.25) is 0 Å². The van der Waals surface area contributed by atoms with Gasteiger partial charge < -0.3 is 10.6 Å². The Hall–Kier alpha value is -0.130. The third-order valence-corrected chi connectivity index (χ3v) is 3.95. The molecule has 0 aliphatic carbocycles. The molecular weight excluding hydrogens is 176 g/mol. The lowest BCUT2D eigenvalue weighted by molar-refractivity contribution is 0.325. The lowest BCUT2D eigenvalue weighted by Crippen LogP contribution is -2.35. The Morgan fingerprint density at radius 3 is 2.33 bits per heavy atom. The Morgan fingerprint density at radius 1 is 1.42 bits per heavy atom. The fraction of sp³-hybridized carbons (Fsp3) is 1.00. The van der Waals surface area contributed by atoms with E-state index in [1.54, 1.807) is 0 Å². The predicted octanol–water partition coefficient (Wildman–Crippen LogP) is -1.08. The van der Waals surface area contributed by atoms with Gasteiger partial charge in [0.1, 0.15) is 0 Å². The number of nitrogens with two attached hydrogens (primary N) is 1. The van der Waals surface area contributed by atoms with Gasteiger partial charge in [-0.25, -0.2) is 8.42 Å². The summed E-state index contributed by atoms with van der Waals surface area (Å²) in [4.78, 5) is 1.98. The number of hydrogen-bond donors (Lipinski definition) is 1. The van der Waals surface area contributed by atoms with Gasteiger partial charge in [0.2, 0.25) is 0 Å². The van der Waals surface area contributed by atoms with Crippen LogP contribution in [0, 0.1) is 5.92 Å². The molecule has 2 atom stereocenters. The van der Waals surface area contributed by atoms with E-state index in [2.05, 4.69) is 0 Å². The zero-order valence-electron chi connectivity index (χ0n) is 7.53. The van der Waals surface area contributed by atoms with Crippen LogP contribution in [0.2, 0.25) is 0 Å². The topological polar surface area (TPSA) is 63.4 Å². The van der Waals surface area contributed by atoms with Crippen molar-refractivity contribution in [1.82, 2.24) is 4.90 Å². The molecule has 2 N–H and O–H groups in total. The van der Waals surface area contributed by atoms with Crippen molar-refractivity contribution in [3.8, 4) is 0 Å². The summed E-state index contributed by atoms with van der Waals surface area (Å²) in [6, 6.07) is -0.169. The van der Waals surface area contributed by atoms with E-state index in [0.29, 0.717) is 0 Å². The van der Waals surface area contributed by atoms with Gasteiger partial charge in [-0.05, 0) is 14.1 Å². The van der Waals surface area contributed by atoms with Gasteiger partial charge in [0.25, 0.3) is 0 Å². The minimum Gasteiger partial charge on any atom is -0.326 e. The van der Waals surface area contributed by atoms with Crippen molar-refractivity contribution < 1.29 is 8.42 Å². The molecule has 0 bridgehead atoms. The molecule has 0 spiro atoms. The largest absolute Gasteiger partial charge is 0.326 e. The number of nitrogens with zero attached hydrogens (tertiary/aromatic N) is 1. The minimum atomic E-state index is -2.84. The summed E-state index contributed by atoms with van der Waals surface area (Å²) in [5.74, 6) is 0.530. The number of rotatable bonds is 2. The lowest BCUT2D eigenvalue weighted by Gasteiger charge is -2.17. The predicted molar refractivity (Wildman–Crippen MR) is 48.7 cm³/mol. The summed E-state index contributed by atoms with van der Waals surface area (Å²) in [6.07, 6.45) is 0. The highest BCUT2D eigenvalue weighted by molar-refractivity contribution is 7.91. The summed E-state index contributed by atoms with van der Waals surface area (Å²) in [7, 11) is 1.01. The molecule has 1 heterocycles. The average molecular weight is 192 g/mol. The molecule has 1 rings (SSSR count). The third kappa shape index (κ3) is 2.43. The zero-order valence-corrected chi connectivity index (χ0v) is 8.34. The molecule has 0 radical (unpaired) electrons. The smallest absolute Gasteiger partial charge is 0.152 e. The lowest BCUT2D eigenvalue weighted by atomic mass is 10.1. The molecule has 12 heavy (non-hydrogen) atoms. The molecule has 0 saturated carbocycles. The molecule has 2 unspecified atom stereocenters. The SMILES string of the molecule is CN(C)CC1CS(=O)(=O)CC1N. The van der Waals surface area contributed by atoms with Gasteiger partial charge >= 0.3 is 0 Å². The van der Waals surface area contributed by atoms with Crippen LogP contribution in [0.15, 0.2) is 0 Å². The molecule has 0 amide bonds. The maximum Gasteiger partial charge on any atom is 0.152 e. The first-order valence-electron chi connectivity index (χ1n) is 4.01. The van der Waals surface area contributed by atoms with Crippen molar-refractivity contribution in [2.75, 3.05) is 32.1 Å². The maximum atomic E-state index is 11.1. The molecule has 1 fully saturated rings.